The number of rotatable bonds is 3. The Morgan fingerprint density at radius 2 is 2.17 bits per heavy atom. The van der Waals surface area contributed by atoms with E-state index in [1.807, 2.05) is 6.92 Å². The summed E-state index contributed by atoms with van der Waals surface area (Å²) in [5.74, 6) is 0.264. The standard InChI is InChI=1S/C12H10Cl2N2O2/c1-2-8-6-11(16-18-8)12(17)15-10-5-7(13)3-4-9(10)14/h3-6H,2H2,1H3,(H,15,17). The fourth-order valence-corrected chi connectivity index (χ4v) is 1.70. The summed E-state index contributed by atoms with van der Waals surface area (Å²) in [4.78, 5) is 11.9. The highest BCUT2D eigenvalue weighted by atomic mass is 35.5. The van der Waals surface area contributed by atoms with Gasteiger partial charge in [0, 0.05) is 17.5 Å². The van der Waals surface area contributed by atoms with Crippen LogP contribution in [0.25, 0.3) is 0 Å². The average molecular weight is 285 g/mol. The Morgan fingerprint density at radius 1 is 1.39 bits per heavy atom. The molecule has 1 aromatic carbocycles. The van der Waals surface area contributed by atoms with E-state index in [4.69, 9.17) is 27.7 Å². The van der Waals surface area contributed by atoms with E-state index < -0.39 is 0 Å². The lowest BCUT2D eigenvalue weighted by Crippen LogP contribution is -2.12. The molecule has 0 saturated heterocycles. The molecule has 0 aliphatic rings. The monoisotopic (exact) mass is 284 g/mol. The van der Waals surface area contributed by atoms with Gasteiger partial charge in [-0.05, 0) is 18.2 Å². The molecule has 4 nitrogen and oxygen atoms in total. The van der Waals surface area contributed by atoms with E-state index in [9.17, 15) is 4.79 Å². The van der Waals surface area contributed by atoms with E-state index in [1.165, 1.54) is 0 Å². The summed E-state index contributed by atoms with van der Waals surface area (Å²) >= 11 is 11.8. The minimum absolute atomic E-state index is 0.211. The van der Waals surface area contributed by atoms with Crippen LogP contribution >= 0.6 is 23.2 Å². The predicted molar refractivity (Wildman–Crippen MR) is 70.3 cm³/mol. The number of carbonyl (C=O) groups excluding carboxylic acids is 1. The van der Waals surface area contributed by atoms with Crippen molar-refractivity contribution < 1.29 is 9.32 Å². The fraction of sp³-hybridized carbons (Fsp3) is 0.167. The third-order valence-electron chi connectivity index (χ3n) is 2.32. The van der Waals surface area contributed by atoms with Crippen LogP contribution in [-0.4, -0.2) is 11.1 Å². The van der Waals surface area contributed by atoms with E-state index in [-0.39, 0.29) is 11.6 Å². The molecule has 94 valence electrons. The van der Waals surface area contributed by atoms with Crippen LogP contribution in [0, 0.1) is 0 Å². The Labute approximate surface area is 114 Å². The zero-order valence-corrected chi connectivity index (χ0v) is 11.0. The topological polar surface area (TPSA) is 55.1 Å². The van der Waals surface area contributed by atoms with Crippen LogP contribution in [0.15, 0.2) is 28.8 Å². The predicted octanol–water partition coefficient (Wildman–Crippen LogP) is 3.80. The van der Waals surface area contributed by atoms with E-state index in [2.05, 4.69) is 10.5 Å². The molecule has 0 bridgehead atoms. The lowest BCUT2D eigenvalue weighted by Gasteiger charge is -2.05. The molecule has 0 aliphatic heterocycles. The molecule has 6 heteroatoms. The molecule has 0 fully saturated rings. The van der Waals surface area contributed by atoms with Gasteiger partial charge in [-0.3, -0.25) is 4.79 Å². The van der Waals surface area contributed by atoms with Crippen LogP contribution in [0.5, 0.6) is 0 Å². The van der Waals surface area contributed by atoms with Crippen molar-refractivity contribution in [2.45, 2.75) is 13.3 Å². The van der Waals surface area contributed by atoms with Crippen LogP contribution in [0.3, 0.4) is 0 Å². The van der Waals surface area contributed by atoms with Gasteiger partial charge < -0.3 is 9.84 Å². The Bertz CT molecular complexity index is 581. The van der Waals surface area contributed by atoms with Gasteiger partial charge in [-0.15, -0.1) is 0 Å². The number of nitrogens with zero attached hydrogens (tertiary/aromatic N) is 1. The molecule has 2 aromatic rings. The van der Waals surface area contributed by atoms with Gasteiger partial charge >= 0.3 is 0 Å². The molecule has 0 radical (unpaired) electrons. The number of amides is 1. The van der Waals surface area contributed by atoms with Crippen molar-refractivity contribution >= 4 is 34.8 Å². The molecule has 0 saturated carbocycles. The number of nitrogens with one attached hydrogen (secondary N) is 1. The highest BCUT2D eigenvalue weighted by molar-refractivity contribution is 6.35. The normalized spacial score (nSPS) is 10.4. The Hall–Kier alpha value is -1.52. The molecular weight excluding hydrogens is 275 g/mol. The van der Waals surface area contributed by atoms with Crippen molar-refractivity contribution in [3.05, 3.63) is 45.8 Å². The summed E-state index contributed by atoms with van der Waals surface area (Å²) in [6.07, 6.45) is 0.679. The highest BCUT2D eigenvalue weighted by Crippen LogP contribution is 2.25. The summed E-state index contributed by atoms with van der Waals surface area (Å²) in [5.41, 5.74) is 0.651. The van der Waals surface area contributed by atoms with Crippen molar-refractivity contribution in [1.29, 1.82) is 0 Å². The molecule has 0 aliphatic carbocycles. The zero-order valence-electron chi connectivity index (χ0n) is 9.54. The largest absolute Gasteiger partial charge is 0.361 e. The number of hydrogen-bond donors (Lipinski definition) is 1. The summed E-state index contributed by atoms with van der Waals surface area (Å²) in [6, 6.07) is 6.42. The number of hydrogen-bond acceptors (Lipinski definition) is 3. The van der Waals surface area contributed by atoms with Gasteiger partial charge in [-0.2, -0.15) is 0 Å². The molecule has 1 aromatic heterocycles. The van der Waals surface area contributed by atoms with Gasteiger partial charge in [0.2, 0.25) is 0 Å². The first-order valence-electron chi connectivity index (χ1n) is 5.32. The van der Waals surface area contributed by atoms with Crippen LogP contribution < -0.4 is 5.32 Å². The summed E-state index contributed by atoms with van der Waals surface area (Å²) < 4.78 is 4.96. The number of aromatic nitrogens is 1. The lowest BCUT2D eigenvalue weighted by molar-refractivity contribution is 0.101. The second-order valence-corrected chi connectivity index (χ2v) is 4.45. The van der Waals surface area contributed by atoms with Crippen LogP contribution in [-0.2, 0) is 6.42 Å². The molecule has 0 unspecified atom stereocenters. The van der Waals surface area contributed by atoms with Gasteiger partial charge in [0.25, 0.3) is 5.91 Å². The smallest absolute Gasteiger partial charge is 0.277 e. The molecule has 18 heavy (non-hydrogen) atoms. The van der Waals surface area contributed by atoms with E-state index >= 15 is 0 Å². The summed E-state index contributed by atoms with van der Waals surface area (Å²) in [6.45, 7) is 1.91. The Balaban J connectivity index is 2.18. The molecule has 1 heterocycles. The van der Waals surface area contributed by atoms with E-state index in [0.717, 1.165) is 0 Å². The minimum atomic E-state index is -0.386. The Kier molecular flexibility index (Phi) is 3.89. The molecule has 0 atom stereocenters. The molecule has 2 rings (SSSR count). The molecule has 0 spiro atoms. The molecule has 1 amide bonds. The number of halogens is 2. The minimum Gasteiger partial charge on any atom is -0.361 e. The highest BCUT2D eigenvalue weighted by Gasteiger charge is 2.13. The average Bonchev–Trinajstić information content (AvgIpc) is 2.82. The van der Waals surface area contributed by atoms with E-state index in [1.54, 1.807) is 24.3 Å². The maximum absolute atomic E-state index is 11.9. The van der Waals surface area contributed by atoms with Crippen molar-refractivity contribution in [1.82, 2.24) is 5.16 Å². The number of benzene rings is 1. The Morgan fingerprint density at radius 3 is 2.83 bits per heavy atom. The van der Waals surface area contributed by atoms with Gasteiger partial charge in [0.1, 0.15) is 5.76 Å². The maximum atomic E-state index is 11.9. The first-order valence-corrected chi connectivity index (χ1v) is 6.07. The van der Waals surface area contributed by atoms with Crippen molar-refractivity contribution in [2.75, 3.05) is 5.32 Å². The summed E-state index contributed by atoms with van der Waals surface area (Å²) in [7, 11) is 0. The van der Waals surface area contributed by atoms with Crippen molar-refractivity contribution in [3.8, 4) is 0 Å². The third kappa shape index (κ3) is 2.83. The fourth-order valence-electron chi connectivity index (χ4n) is 1.37. The van der Waals surface area contributed by atoms with E-state index in [0.29, 0.717) is 27.9 Å². The van der Waals surface area contributed by atoms with Crippen molar-refractivity contribution in [2.24, 2.45) is 0 Å². The number of carbonyl (C=O) groups is 1. The summed E-state index contributed by atoms with van der Waals surface area (Å²) in [5, 5.41) is 7.20. The molecule has 1 N–H and O–H groups in total. The maximum Gasteiger partial charge on any atom is 0.277 e. The van der Waals surface area contributed by atoms with Gasteiger partial charge in [-0.25, -0.2) is 0 Å². The van der Waals surface area contributed by atoms with Gasteiger partial charge in [0.15, 0.2) is 5.69 Å². The van der Waals surface area contributed by atoms with Crippen LogP contribution in [0.4, 0.5) is 5.69 Å². The second-order valence-electron chi connectivity index (χ2n) is 3.61. The second kappa shape index (κ2) is 5.42. The first kappa shape index (κ1) is 12.9. The first-order chi connectivity index (χ1) is 8.60. The SMILES string of the molecule is CCc1cc(C(=O)Nc2cc(Cl)ccc2Cl)no1. The third-order valence-corrected chi connectivity index (χ3v) is 2.88. The van der Waals surface area contributed by atoms with Crippen molar-refractivity contribution in [3.63, 3.8) is 0 Å². The quantitative estimate of drug-likeness (QED) is 0.933. The van der Waals surface area contributed by atoms with Gasteiger partial charge in [0.05, 0.1) is 10.7 Å². The molecular formula is C12H10Cl2N2O2. The zero-order chi connectivity index (χ0) is 13.1. The van der Waals surface area contributed by atoms with Gasteiger partial charge in [-0.1, -0.05) is 35.3 Å². The lowest BCUT2D eigenvalue weighted by atomic mass is 10.3. The number of aryl methyl sites for hydroxylation is 1. The number of anilines is 1. The van der Waals surface area contributed by atoms with Crippen LogP contribution in [0.2, 0.25) is 10.0 Å². The van der Waals surface area contributed by atoms with Crippen LogP contribution in [0.1, 0.15) is 23.2 Å².